The average Bonchev–Trinajstić information content (AvgIpc) is 2.29. The molecule has 0 unspecified atom stereocenters. The Balaban J connectivity index is 2.75. The minimum Gasteiger partial charge on any atom is -0.374 e. The van der Waals surface area contributed by atoms with Crippen molar-refractivity contribution in [3.8, 4) is 6.07 Å². The first-order valence-corrected chi connectivity index (χ1v) is 5.59. The quantitative estimate of drug-likeness (QED) is 0.712. The Morgan fingerprint density at radius 3 is 2.75 bits per heavy atom. The van der Waals surface area contributed by atoms with Gasteiger partial charge in [0.25, 0.3) is 0 Å². The average molecular weight is 220 g/mol. The lowest BCUT2D eigenvalue weighted by Crippen LogP contribution is -2.19. The normalized spacial score (nSPS) is 9.88. The second-order valence-corrected chi connectivity index (χ2v) is 3.90. The molecule has 1 aromatic rings. The van der Waals surface area contributed by atoms with Gasteiger partial charge in [-0.25, -0.2) is 4.39 Å². The van der Waals surface area contributed by atoms with Gasteiger partial charge in [0.1, 0.15) is 11.9 Å². The van der Waals surface area contributed by atoms with Crippen LogP contribution in [0, 0.1) is 17.1 Å². The third kappa shape index (κ3) is 3.23. The molecule has 0 heterocycles. The highest BCUT2D eigenvalue weighted by Crippen LogP contribution is 2.20. The molecule has 0 radical (unpaired) electrons. The van der Waals surface area contributed by atoms with Crippen LogP contribution in [-0.4, -0.2) is 13.6 Å². The first-order chi connectivity index (χ1) is 7.69. The van der Waals surface area contributed by atoms with Crippen LogP contribution in [0.25, 0.3) is 0 Å². The van der Waals surface area contributed by atoms with Crippen molar-refractivity contribution in [1.82, 2.24) is 0 Å². The second kappa shape index (κ2) is 6.12. The van der Waals surface area contributed by atoms with Crippen LogP contribution in [0.15, 0.2) is 18.2 Å². The van der Waals surface area contributed by atoms with Gasteiger partial charge in [0.15, 0.2) is 0 Å². The smallest absolute Gasteiger partial charge is 0.124 e. The van der Waals surface area contributed by atoms with E-state index in [1.54, 1.807) is 6.07 Å². The van der Waals surface area contributed by atoms with Gasteiger partial charge in [0.2, 0.25) is 0 Å². The fourth-order valence-electron chi connectivity index (χ4n) is 1.65. The van der Waals surface area contributed by atoms with Crippen LogP contribution in [0.2, 0.25) is 0 Å². The third-order valence-electron chi connectivity index (χ3n) is 2.59. The fraction of sp³-hybridized carbons (Fsp3) is 0.462. The van der Waals surface area contributed by atoms with Crippen LogP contribution in [0.1, 0.15) is 31.7 Å². The van der Waals surface area contributed by atoms with Gasteiger partial charge in [-0.05, 0) is 24.6 Å². The summed E-state index contributed by atoms with van der Waals surface area (Å²) in [5.74, 6) is -0.359. The summed E-state index contributed by atoms with van der Waals surface area (Å²) in [5.41, 5.74) is 1.21. The molecule has 0 aliphatic rings. The number of hydrogen-bond donors (Lipinski definition) is 0. The topological polar surface area (TPSA) is 27.0 Å². The summed E-state index contributed by atoms with van der Waals surface area (Å²) in [6.07, 6.45) is 3.44. The lowest BCUT2D eigenvalue weighted by atomic mass is 10.1. The van der Waals surface area contributed by atoms with E-state index in [-0.39, 0.29) is 5.82 Å². The summed E-state index contributed by atoms with van der Waals surface area (Å²) < 4.78 is 12.9. The SMILES string of the molecule is CCCCCN(C)c1ccc(F)cc1C#N. The Bertz CT molecular complexity index is 382. The first kappa shape index (κ1) is 12.5. The van der Waals surface area contributed by atoms with Gasteiger partial charge < -0.3 is 4.90 Å². The van der Waals surface area contributed by atoms with Crippen LogP contribution in [0.4, 0.5) is 10.1 Å². The zero-order valence-electron chi connectivity index (χ0n) is 9.83. The minimum atomic E-state index is -0.359. The molecule has 0 aromatic heterocycles. The second-order valence-electron chi connectivity index (χ2n) is 3.90. The van der Waals surface area contributed by atoms with E-state index in [4.69, 9.17) is 5.26 Å². The lowest BCUT2D eigenvalue weighted by Gasteiger charge is -2.20. The summed E-state index contributed by atoms with van der Waals surface area (Å²) >= 11 is 0. The van der Waals surface area contributed by atoms with Crippen molar-refractivity contribution in [1.29, 1.82) is 5.26 Å². The zero-order valence-corrected chi connectivity index (χ0v) is 9.83. The molecule has 2 nitrogen and oxygen atoms in total. The van der Waals surface area contributed by atoms with E-state index in [2.05, 4.69) is 6.92 Å². The maximum absolute atomic E-state index is 12.9. The van der Waals surface area contributed by atoms with Crippen LogP contribution >= 0.6 is 0 Å². The van der Waals surface area contributed by atoms with E-state index in [1.165, 1.54) is 25.0 Å². The van der Waals surface area contributed by atoms with Crippen molar-refractivity contribution in [2.75, 3.05) is 18.5 Å². The molecule has 1 aromatic carbocycles. The molecule has 0 aliphatic heterocycles. The molecule has 0 saturated carbocycles. The standard InChI is InChI=1S/C13H17FN2/c1-3-4-5-8-16(2)13-7-6-12(14)9-11(13)10-15/h6-7,9H,3-5,8H2,1-2H3. The molecule has 0 aliphatic carbocycles. The Labute approximate surface area is 96.3 Å². The predicted octanol–water partition coefficient (Wildman–Crippen LogP) is 3.32. The summed E-state index contributed by atoms with van der Waals surface area (Å²) in [5, 5.41) is 8.92. The minimum absolute atomic E-state index is 0.359. The lowest BCUT2D eigenvalue weighted by molar-refractivity contribution is 0.626. The van der Waals surface area contributed by atoms with Crippen LogP contribution in [0.5, 0.6) is 0 Å². The summed E-state index contributed by atoms with van der Waals surface area (Å²) in [6, 6.07) is 6.37. The van der Waals surface area contributed by atoms with Gasteiger partial charge in [-0.15, -0.1) is 0 Å². The number of nitriles is 1. The number of halogens is 1. The van der Waals surface area contributed by atoms with Crippen molar-refractivity contribution in [2.45, 2.75) is 26.2 Å². The molecule has 3 heteroatoms. The van der Waals surface area contributed by atoms with Gasteiger partial charge in [0.05, 0.1) is 11.3 Å². The summed E-state index contributed by atoms with van der Waals surface area (Å²) in [7, 11) is 1.93. The van der Waals surface area contributed by atoms with Crippen LogP contribution < -0.4 is 4.90 Å². The van der Waals surface area contributed by atoms with Crippen molar-refractivity contribution in [2.24, 2.45) is 0 Å². The van der Waals surface area contributed by atoms with E-state index in [1.807, 2.05) is 18.0 Å². The Morgan fingerprint density at radius 2 is 2.12 bits per heavy atom. The highest BCUT2D eigenvalue weighted by Gasteiger charge is 2.07. The molecule has 0 bridgehead atoms. The van der Waals surface area contributed by atoms with Gasteiger partial charge >= 0.3 is 0 Å². The van der Waals surface area contributed by atoms with E-state index < -0.39 is 0 Å². The molecule has 16 heavy (non-hydrogen) atoms. The summed E-state index contributed by atoms with van der Waals surface area (Å²) in [4.78, 5) is 2.01. The monoisotopic (exact) mass is 220 g/mol. The van der Waals surface area contributed by atoms with E-state index >= 15 is 0 Å². The Kier molecular flexibility index (Phi) is 4.78. The maximum atomic E-state index is 12.9. The van der Waals surface area contributed by atoms with Crippen molar-refractivity contribution in [3.63, 3.8) is 0 Å². The number of nitrogens with zero attached hydrogens (tertiary/aromatic N) is 2. The van der Waals surface area contributed by atoms with Gasteiger partial charge in [-0.1, -0.05) is 19.8 Å². The molecule has 0 fully saturated rings. The van der Waals surface area contributed by atoms with E-state index in [0.29, 0.717) is 5.56 Å². The number of anilines is 1. The number of hydrogen-bond acceptors (Lipinski definition) is 2. The van der Waals surface area contributed by atoms with Gasteiger partial charge in [-0.3, -0.25) is 0 Å². The molecule has 86 valence electrons. The maximum Gasteiger partial charge on any atom is 0.124 e. The first-order valence-electron chi connectivity index (χ1n) is 5.59. The molecule has 0 amide bonds. The third-order valence-corrected chi connectivity index (χ3v) is 2.59. The fourth-order valence-corrected chi connectivity index (χ4v) is 1.65. The molecule has 1 rings (SSSR count). The number of rotatable bonds is 5. The van der Waals surface area contributed by atoms with E-state index in [9.17, 15) is 4.39 Å². The van der Waals surface area contributed by atoms with Crippen molar-refractivity contribution < 1.29 is 4.39 Å². The van der Waals surface area contributed by atoms with Gasteiger partial charge in [-0.2, -0.15) is 5.26 Å². The molecular formula is C13H17FN2. The van der Waals surface area contributed by atoms with Crippen molar-refractivity contribution >= 4 is 5.69 Å². The highest BCUT2D eigenvalue weighted by molar-refractivity contribution is 5.58. The van der Waals surface area contributed by atoms with E-state index in [0.717, 1.165) is 18.7 Å². The molecular weight excluding hydrogens is 203 g/mol. The predicted molar refractivity (Wildman–Crippen MR) is 63.9 cm³/mol. The number of unbranched alkanes of at least 4 members (excludes halogenated alkanes) is 2. The van der Waals surface area contributed by atoms with Crippen LogP contribution in [-0.2, 0) is 0 Å². The molecule has 0 atom stereocenters. The van der Waals surface area contributed by atoms with Crippen LogP contribution in [0.3, 0.4) is 0 Å². The highest BCUT2D eigenvalue weighted by atomic mass is 19.1. The molecule has 0 spiro atoms. The Hall–Kier alpha value is -1.56. The van der Waals surface area contributed by atoms with Gasteiger partial charge in [0, 0.05) is 13.6 Å². The largest absolute Gasteiger partial charge is 0.374 e. The Morgan fingerprint density at radius 1 is 1.38 bits per heavy atom. The zero-order chi connectivity index (χ0) is 12.0. The molecule has 0 saturated heterocycles. The number of benzene rings is 1. The summed E-state index contributed by atoms with van der Waals surface area (Å²) in [6.45, 7) is 3.05. The molecule has 0 N–H and O–H groups in total. The van der Waals surface area contributed by atoms with Crippen molar-refractivity contribution in [3.05, 3.63) is 29.6 Å².